The average molecular weight is 191 g/mol. The first-order valence-electron chi connectivity index (χ1n) is 4.45. The highest BCUT2D eigenvalue weighted by Gasteiger charge is 2.35. The second-order valence-electron chi connectivity index (χ2n) is 3.72. The van der Waals surface area contributed by atoms with Crippen LogP contribution in [-0.2, 0) is 10.0 Å². The summed E-state index contributed by atoms with van der Waals surface area (Å²) in [4.78, 5) is 0. The molecule has 0 spiro atoms. The first kappa shape index (κ1) is 9.99. The minimum absolute atomic E-state index is 0.234. The van der Waals surface area contributed by atoms with Crippen LogP contribution in [0.1, 0.15) is 20.8 Å². The number of sulfonamides is 1. The van der Waals surface area contributed by atoms with Crippen LogP contribution in [-0.4, -0.2) is 31.6 Å². The highest BCUT2D eigenvalue weighted by Crippen LogP contribution is 2.25. The fourth-order valence-electron chi connectivity index (χ4n) is 1.30. The van der Waals surface area contributed by atoms with Gasteiger partial charge in [0.15, 0.2) is 0 Å². The molecule has 0 aromatic carbocycles. The molecule has 1 aliphatic heterocycles. The largest absolute Gasteiger partial charge is 0.213 e. The van der Waals surface area contributed by atoms with E-state index in [0.717, 1.165) is 13.1 Å². The summed E-state index contributed by atoms with van der Waals surface area (Å²) < 4.78 is 24.1. The van der Waals surface area contributed by atoms with Crippen LogP contribution in [0.25, 0.3) is 0 Å². The third kappa shape index (κ3) is 1.80. The second kappa shape index (κ2) is 3.34. The first-order valence-corrected chi connectivity index (χ1v) is 6.06. The Bertz CT molecular complexity index is 240. The maximum absolute atomic E-state index is 11.3. The molecule has 0 amide bonds. The molecule has 0 N–H and O–H groups in total. The molecule has 1 rings (SSSR count). The zero-order valence-electron chi connectivity index (χ0n) is 7.95. The topological polar surface area (TPSA) is 37.4 Å². The molecule has 12 heavy (non-hydrogen) atoms. The fourth-order valence-corrected chi connectivity index (χ4v) is 2.50. The molecule has 0 bridgehead atoms. The zero-order valence-corrected chi connectivity index (χ0v) is 8.76. The molecule has 0 aliphatic carbocycles. The molecule has 0 aromatic rings. The van der Waals surface area contributed by atoms with E-state index in [1.54, 1.807) is 11.2 Å². The van der Waals surface area contributed by atoms with E-state index < -0.39 is 10.0 Å². The zero-order chi connectivity index (χ0) is 9.35. The molecule has 1 fully saturated rings. The van der Waals surface area contributed by atoms with Gasteiger partial charge in [0.25, 0.3) is 0 Å². The van der Waals surface area contributed by atoms with Crippen molar-refractivity contribution < 1.29 is 8.42 Å². The number of rotatable bonds is 3. The van der Waals surface area contributed by atoms with Gasteiger partial charge in [0.05, 0.1) is 5.75 Å². The lowest BCUT2D eigenvalue weighted by Crippen LogP contribution is -2.52. The minimum atomic E-state index is -2.89. The second-order valence-corrected chi connectivity index (χ2v) is 5.98. The van der Waals surface area contributed by atoms with Crippen LogP contribution in [0.15, 0.2) is 0 Å². The van der Waals surface area contributed by atoms with E-state index in [9.17, 15) is 8.42 Å². The highest BCUT2D eigenvalue weighted by atomic mass is 32.2. The van der Waals surface area contributed by atoms with E-state index in [1.807, 2.05) is 0 Å². The van der Waals surface area contributed by atoms with E-state index in [2.05, 4.69) is 13.8 Å². The summed E-state index contributed by atoms with van der Waals surface area (Å²) in [5.74, 6) is 1.41. The minimum Gasteiger partial charge on any atom is -0.212 e. The van der Waals surface area contributed by atoms with Gasteiger partial charge in [-0.1, -0.05) is 13.8 Å². The summed E-state index contributed by atoms with van der Waals surface area (Å²) in [6.07, 6.45) is 0. The molecular weight excluding hydrogens is 174 g/mol. The van der Waals surface area contributed by atoms with Gasteiger partial charge in [0.2, 0.25) is 10.0 Å². The Labute approximate surface area is 74.8 Å². The van der Waals surface area contributed by atoms with Crippen molar-refractivity contribution >= 4 is 10.0 Å². The monoisotopic (exact) mass is 191 g/mol. The van der Waals surface area contributed by atoms with Gasteiger partial charge in [-0.15, -0.1) is 0 Å². The third-order valence-electron chi connectivity index (χ3n) is 2.58. The van der Waals surface area contributed by atoms with E-state index in [0.29, 0.717) is 11.8 Å². The smallest absolute Gasteiger partial charge is 0.212 e. The van der Waals surface area contributed by atoms with Crippen molar-refractivity contribution in [2.45, 2.75) is 20.8 Å². The maximum atomic E-state index is 11.3. The van der Waals surface area contributed by atoms with E-state index in [-0.39, 0.29) is 5.75 Å². The fraction of sp³-hybridized carbons (Fsp3) is 1.00. The standard InChI is InChI=1S/C8H17NO2S/c1-4-12(10,11)9-5-8(6-9)7(2)3/h7-8H,4-6H2,1-3H3. The van der Waals surface area contributed by atoms with Crippen LogP contribution < -0.4 is 0 Å². The predicted molar refractivity (Wildman–Crippen MR) is 49.4 cm³/mol. The molecule has 1 aliphatic rings. The summed E-state index contributed by atoms with van der Waals surface area (Å²) in [6.45, 7) is 7.43. The first-order chi connectivity index (χ1) is 5.47. The van der Waals surface area contributed by atoms with Crippen LogP contribution in [0, 0.1) is 11.8 Å². The molecule has 3 nitrogen and oxygen atoms in total. The van der Waals surface area contributed by atoms with Gasteiger partial charge >= 0.3 is 0 Å². The van der Waals surface area contributed by atoms with Crippen molar-refractivity contribution in [2.24, 2.45) is 11.8 Å². The Hall–Kier alpha value is -0.0900. The average Bonchev–Trinajstić information content (AvgIpc) is 1.82. The Balaban J connectivity index is 2.45. The van der Waals surface area contributed by atoms with E-state index >= 15 is 0 Å². The molecule has 0 aromatic heterocycles. The van der Waals surface area contributed by atoms with E-state index in [4.69, 9.17) is 0 Å². The molecule has 72 valence electrons. The van der Waals surface area contributed by atoms with Gasteiger partial charge in [0, 0.05) is 13.1 Å². The molecule has 1 heterocycles. The predicted octanol–water partition coefficient (Wildman–Crippen LogP) is 0.924. The quantitative estimate of drug-likeness (QED) is 0.665. The van der Waals surface area contributed by atoms with Gasteiger partial charge in [0.1, 0.15) is 0 Å². The van der Waals surface area contributed by atoms with Crippen molar-refractivity contribution in [2.75, 3.05) is 18.8 Å². The van der Waals surface area contributed by atoms with Crippen LogP contribution in [0.2, 0.25) is 0 Å². The highest BCUT2D eigenvalue weighted by molar-refractivity contribution is 7.89. The van der Waals surface area contributed by atoms with Crippen LogP contribution in [0.4, 0.5) is 0 Å². The summed E-state index contributed by atoms with van der Waals surface area (Å²) in [5, 5.41) is 0. The van der Waals surface area contributed by atoms with Gasteiger partial charge in [-0.2, -0.15) is 0 Å². The van der Waals surface area contributed by atoms with Crippen LogP contribution >= 0.6 is 0 Å². The normalized spacial score (nSPS) is 21.3. The molecule has 4 heteroatoms. The maximum Gasteiger partial charge on any atom is 0.213 e. The summed E-state index contributed by atoms with van der Waals surface area (Å²) in [7, 11) is -2.89. The molecular formula is C8H17NO2S. The Kier molecular flexibility index (Phi) is 2.78. The van der Waals surface area contributed by atoms with E-state index in [1.165, 1.54) is 0 Å². The molecule has 0 atom stereocenters. The Morgan fingerprint density at radius 1 is 1.42 bits per heavy atom. The van der Waals surface area contributed by atoms with Crippen molar-refractivity contribution in [1.29, 1.82) is 0 Å². The van der Waals surface area contributed by atoms with Gasteiger partial charge in [-0.25, -0.2) is 12.7 Å². The van der Waals surface area contributed by atoms with Gasteiger partial charge < -0.3 is 0 Å². The van der Waals surface area contributed by atoms with Gasteiger partial charge in [-0.05, 0) is 18.8 Å². The molecule has 1 saturated heterocycles. The Morgan fingerprint density at radius 3 is 2.25 bits per heavy atom. The summed E-state index contributed by atoms with van der Waals surface area (Å²) in [5.41, 5.74) is 0. The number of hydrogen-bond donors (Lipinski definition) is 0. The van der Waals surface area contributed by atoms with Crippen LogP contribution in [0.5, 0.6) is 0 Å². The number of nitrogens with zero attached hydrogens (tertiary/aromatic N) is 1. The van der Waals surface area contributed by atoms with Crippen LogP contribution in [0.3, 0.4) is 0 Å². The van der Waals surface area contributed by atoms with Crippen molar-refractivity contribution in [3.8, 4) is 0 Å². The summed E-state index contributed by atoms with van der Waals surface area (Å²) in [6, 6.07) is 0. The van der Waals surface area contributed by atoms with Crippen molar-refractivity contribution in [1.82, 2.24) is 4.31 Å². The lowest BCUT2D eigenvalue weighted by atomic mass is 9.91. The molecule has 0 saturated carbocycles. The SMILES string of the molecule is CCS(=O)(=O)N1CC(C(C)C)C1. The molecule has 0 radical (unpaired) electrons. The Morgan fingerprint density at radius 2 is 1.92 bits per heavy atom. The third-order valence-corrected chi connectivity index (χ3v) is 4.39. The molecule has 0 unspecified atom stereocenters. The van der Waals surface area contributed by atoms with Crippen molar-refractivity contribution in [3.63, 3.8) is 0 Å². The van der Waals surface area contributed by atoms with Crippen molar-refractivity contribution in [3.05, 3.63) is 0 Å². The summed E-state index contributed by atoms with van der Waals surface area (Å²) >= 11 is 0. The van der Waals surface area contributed by atoms with Gasteiger partial charge in [-0.3, -0.25) is 0 Å². The lowest BCUT2D eigenvalue weighted by Gasteiger charge is -2.40. The number of hydrogen-bond acceptors (Lipinski definition) is 2. The lowest BCUT2D eigenvalue weighted by molar-refractivity contribution is 0.152.